The molecule has 1 aromatic carbocycles. The van der Waals surface area contributed by atoms with Gasteiger partial charge in [0.15, 0.2) is 0 Å². The van der Waals surface area contributed by atoms with Crippen molar-refractivity contribution < 1.29 is 20.7 Å². The van der Waals surface area contributed by atoms with Crippen LogP contribution < -0.4 is 4.72 Å². The van der Waals surface area contributed by atoms with Gasteiger partial charge in [-0.15, -0.1) is 3.89 Å². The molecule has 0 radical (unpaired) electrons. The summed E-state index contributed by atoms with van der Waals surface area (Å²) < 4.78 is 61.3. The Morgan fingerprint density at radius 2 is 1.75 bits per heavy atom. The predicted octanol–water partition coefficient (Wildman–Crippen LogP) is 2.20. The summed E-state index contributed by atoms with van der Waals surface area (Å²) in [5.74, 6) is 0. The SMILES string of the molecule is CCCC(CC)NS(=O)(=O)c1cccc(S(=O)(=O)F)c1. The molecular weight excluding hydrogens is 305 g/mol. The highest BCUT2D eigenvalue weighted by atomic mass is 32.3. The number of nitrogens with one attached hydrogen (secondary N) is 1. The summed E-state index contributed by atoms with van der Waals surface area (Å²) in [6.07, 6.45) is 2.12. The predicted molar refractivity (Wildman–Crippen MR) is 74.0 cm³/mol. The van der Waals surface area contributed by atoms with Gasteiger partial charge in [-0.2, -0.15) is 8.42 Å². The molecule has 1 atom stereocenters. The molecule has 5 nitrogen and oxygen atoms in total. The van der Waals surface area contributed by atoms with E-state index in [0.717, 1.165) is 18.6 Å². The molecule has 0 spiro atoms. The fraction of sp³-hybridized carbons (Fsp3) is 0.500. The van der Waals surface area contributed by atoms with E-state index in [2.05, 4.69) is 4.72 Å². The molecule has 8 heteroatoms. The maximum Gasteiger partial charge on any atom is 0.332 e. The Bertz CT molecular complexity index is 656. The van der Waals surface area contributed by atoms with E-state index in [9.17, 15) is 20.7 Å². The standard InChI is InChI=1S/C12H18FNO4S2/c1-3-6-10(4-2)14-20(17,18)12-8-5-7-11(9-12)19(13,15)16/h5,7-10,14H,3-4,6H2,1-2H3. The molecule has 0 amide bonds. The van der Waals surface area contributed by atoms with E-state index in [1.54, 1.807) is 0 Å². The minimum absolute atomic E-state index is 0.226. The molecule has 0 saturated heterocycles. The van der Waals surface area contributed by atoms with E-state index in [0.29, 0.717) is 12.8 Å². The summed E-state index contributed by atoms with van der Waals surface area (Å²) in [6.45, 7) is 3.79. The molecule has 20 heavy (non-hydrogen) atoms. The van der Waals surface area contributed by atoms with Crippen LogP contribution in [0.1, 0.15) is 33.1 Å². The first-order valence-electron chi connectivity index (χ1n) is 6.27. The van der Waals surface area contributed by atoms with Crippen molar-refractivity contribution in [3.63, 3.8) is 0 Å². The Hall–Kier alpha value is -0.990. The van der Waals surface area contributed by atoms with Gasteiger partial charge in [-0.25, -0.2) is 13.1 Å². The summed E-state index contributed by atoms with van der Waals surface area (Å²) >= 11 is 0. The fourth-order valence-electron chi connectivity index (χ4n) is 1.78. The van der Waals surface area contributed by atoms with Crippen LogP contribution >= 0.6 is 0 Å². The van der Waals surface area contributed by atoms with Gasteiger partial charge in [0.2, 0.25) is 10.0 Å². The van der Waals surface area contributed by atoms with Crippen molar-refractivity contribution in [2.24, 2.45) is 0 Å². The number of hydrogen-bond acceptors (Lipinski definition) is 4. The lowest BCUT2D eigenvalue weighted by Crippen LogP contribution is -2.34. The molecule has 114 valence electrons. The Morgan fingerprint density at radius 1 is 1.15 bits per heavy atom. The van der Waals surface area contributed by atoms with Crippen LogP contribution in [0.3, 0.4) is 0 Å². The average Bonchev–Trinajstić information content (AvgIpc) is 2.37. The zero-order valence-corrected chi connectivity index (χ0v) is 13.0. The lowest BCUT2D eigenvalue weighted by atomic mass is 10.1. The van der Waals surface area contributed by atoms with Gasteiger partial charge in [-0.1, -0.05) is 26.3 Å². The van der Waals surface area contributed by atoms with Crippen LogP contribution in [0, 0.1) is 0 Å². The molecular formula is C12H18FNO4S2. The molecule has 1 unspecified atom stereocenters. The molecule has 0 aliphatic carbocycles. The normalized spacial score (nSPS) is 14.2. The Morgan fingerprint density at radius 3 is 2.25 bits per heavy atom. The molecule has 1 N–H and O–H groups in total. The zero-order valence-electron chi connectivity index (χ0n) is 11.3. The first kappa shape index (κ1) is 17.1. The second-order valence-electron chi connectivity index (χ2n) is 4.43. The van der Waals surface area contributed by atoms with Crippen molar-refractivity contribution in [2.75, 3.05) is 0 Å². The van der Waals surface area contributed by atoms with Crippen molar-refractivity contribution in [1.82, 2.24) is 4.72 Å². The fourth-order valence-corrected chi connectivity index (χ4v) is 3.76. The first-order chi connectivity index (χ1) is 9.20. The smallest absolute Gasteiger partial charge is 0.208 e. The molecule has 0 fully saturated rings. The zero-order chi connectivity index (χ0) is 15.4. The van der Waals surface area contributed by atoms with E-state index in [1.807, 2.05) is 13.8 Å². The van der Waals surface area contributed by atoms with Gasteiger partial charge in [-0.05, 0) is 31.0 Å². The number of sulfonamides is 1. The van der Waals surface area contributed by atoms with Gasteiger partial charge in [0, 0.05) is 6.04 Å². The van der Waals surface area contributed by atoms with Crippen molar-refractivity contribution in [3.8, 4) is 0 Å². The van der Waals surface area contributed by atoms with E-state index in [-0.39, 0.29) is 10.9 Å². The molecule has 0 aliphatic heterocycles. The van der Waals surface area contributed by atoms with Crippen LogP contribution in [0.25, 0.3) is 0 Å². The van der Waals surface area contributed by atoms with Gasteiger partial charge < -0.3 is 0 Å². The van der Waals surface area contributed by atoms with Gasteiger partial charge in [-0.3, -0.25) is 0 Å². The molecule has 0 heterocycles. The van der Waals surface area contributed by atoms with Crippen LogP contribution in [-0.4, -0.2) is 22.9 Å². The number of rotatable bonds is 7. The van der Waals surface area contributed by atoms with Gasteiger partial charge in [0.05, 0.1) is 9.79 Å². The molecule has 0 aromatic heterocycles. The monoisotopic (exact) mass is 323 g/mol. The number of halogens is 1. The highest BCUT2D eigenvalue weighted by molar-refractivity contribution is 7.89. The minimum Gasteiger partial charge on any atom is -0.208 e. The van der Waals surface area contributed by atoms with Crippen molar-refractivity contribution in [3.05, 3.63) is 24.3 Å². The topological polar surface area (TPSA) is 80.3 Å². The summed E-state index contributed by atoms with van der Waals surface area (Å²) in [5, 5.41) is 0. The van der Waals surface area contributed by atoms with E-state index in [4.69, 9.17) is 0 Å². The van der Waals surface area contributed by atoms with Crippen molar-refractivity contribution in [2.45, 2.75) is 48.9 Å². The summed E-state index contributed by atoms with van der Waals surface area (Å²) in [7, 11) is -8.78. The molecule has 0 aliphatic rings. The number of hydrogen-bond donors (Lipinski definition) is 1. The molecule has 1 rings (SSSR count). The quantitative estimate of drug-likeness (QED) is 0.780. The second kappa shape index (κ2) is 6.64. The third kappa shape index (κ3) is 4.53. The third-order valence-electron chi connectivity index (χ3n) is 2.85. The van der Waals surface area contributed by atoms with Gasteiger partial charge in [0.25, 0.3) is 0 Å². The van der Waals surface area contributed by atoms with Crippen LogP contribution in [0.15, 0.2) is 34.1 Å². The second-order valence-corrected chi connectivity index (χ2v) is 7.49. The van der Waals surface area contributed by atoms with E-state index < -0.39 is 25.1 Å². The Balaban J connectivity index is 3.10. The summed E-state index contributed by atoms with van der Waals surface area (Å²) in [5.41, 5.74) is 0. The minimum atomic E-state index is -4.92. The van der Waals surface area contributed by atoms with Crippen LogP contribution in [-0.2, 0) is 20.2 Å². The first-order valence-corrected chi connectivity index (χ1v) is 9.14. The van der Waals surface area contributed by atoms with Crippen LogP contribution in [0.4, 0.5) is 3.89 Å². The lowest BCUT2D eigenvalue weighted by Gasteiger charge is -2.16. The highest BCUT2D eigenvalue weighted by Gasteiger charge is 2.21. The maximum absolute atomic E-state index is 12.9. The third-order valence-corrected chi connectivity index (χ3v) is 5.18. The van der Waals surface area contributed by atoms with Crippen molar-refractivity contribution in [1.29, 1.82) is 0 Å². The van der Waals surface area contributed by atoms with E-state index >= 15 is 0 Å². The Kier molecular flexibility index (Phi) is 5.67. The Labute approximate surface area is 119 Å². The summed E-state index contributed by atoms with van der Waals surface area (Å²) in [6, 6.07) is 4.03. The van der Waals surface area contributed by atoms with Gasteiger partial charge in [0.1, 0.15) is 0 Å². The maximum atomic E-state index is 12.9. The summed E-state index contributed by atoms with van der Waals surface area (Å²) in [4.78, 5) is -0.922. The molecule has 0 bridgehead atoms. The van der Waals surface area contributed by atoms with Gasteiger partial charge >= 0.3 is 10.2 Å². The van der Waals surface area contributed by atoms with Crippen molar-refractivity contribution >= 4 is 20.2 Å². The van der Waals surface area contributed by atoms with Crippen LogP contribution in [0.5, 0.6) is 0 Å². The van der Waals surface area contributed by atoms with E-state index in [1.165, 1.54) is 12.1 Å². The molecule has 0 saturated carbocycles. The largest absolute Gasteiger partial charge is 0.332 e. The number of benzene rings is 1. The highest BCUT2D eigenvalue weighted by Crippen LogP contribution is 2.18. The lowest BCUT2D eigenvalue weighted by molar-refractivity contribution is 0.512. The van der Waals surface area contributed by atoms with Crippen LogP contribution in [0.2, 0.25) is 0 Å². The average molecular weight is 323 g/mol. The molecule has 1 aromatic rings.